The van der Waals surface area contributed by atoms with E-state index in [-0.39, 0.29) is 10.7 Å². The van der Waals surface area contributed by atoms with Gasteiger partial charge in [-0.15, -0.1) is 0 Å². The summed E-state index contributed by atoms with van der Waals surface area (Å²) < 4.78 is -0.192. The fourth-order valence-electron chi connectivity index (χ4n) is 3.50. The summed E-state index contributed by atoms with van der Waals surface area (Å²) in [6.07, 6.45) is 10.8. The van der Waals surface area contributed by atoms with E-state index in [0.29, 0.717) is 0 Å². The molecule has 2 aromatic rings. The molecule has 2 heteroatoms. The van der Waals surface area contributed by atoms with Gasteiger partial charge in [0.1, 0.15) is 0 Å². The van der Waals surface area contributed by atoms with Crippen LogP contribution in [0.25, 0.3) is 0 Å². The Kier molecular flexibility index (Phi) is 3.99. The highest BCUT2D eigenvalue weighted by Gasteiger charge is 2.47. The number of aliphatic imine (C=N–C) groups is 1. The predicted molar refractivity (Wildman–Crippen MR) is 104 cm³/mol. The Balaban J connectivity index is 2.02. The maximum Gasteiger partial charge on any atom is 0.0933 e. The third-order valence-electron chi connectivity index (χ3n) is 4.60. The molecule has 1 unspecified atom stereocenters. The van der Waals surface area contributed by atoms with Gasteiger partial charge in [0.2, 0.25) is 0 Å². The molecule has 0 N–H and O–H groups in total. The lowest BCUT2D eigenvalue weighted by Crippen LogP contribution is -2.39. The summed E-state index contributed by atoms with van der Waals surface area (Å²) in [5, 5.41) is 1.08. The molecule has 0 saturated heterocycles. The van der Waals surface area contributed by atoms with Crippen LogP contribution in [-0.4, -0.2) is 5.71 Å². The Labute approximate surface area is 147 Å². The molecule has 118 valence electrons. The second kappa shape index (κ2) is 6.29. The number of rotatable bonds is 2. The molecule has 1 atom stereocenters. The van der Waals surface area contributed by atoms with E-state index in [1.807, 2.05) is 11.8 Å². The quantitative estimate of drug-likeness (QED) is 0.686. The highest BCUT2D eigenvalue weighted by Crippen LogP contribution is 2.56. The smallest absolute Gasteiger partial charge is 0.0933 e. The van der Waals surface area contributed by atoms with Gasteiger partial charge in [0.25, 0.3) is 0 Å². The lowest BCUT2D eigenvalue weighted by molar-refractivity contribution is 0.651. The summed E-state index contributed by atoms with van der Waals surface area (Å²) in [5.41, 5.74) is 3.77. The molecule has 1 nitrogen and oxygen atoms in total. The van der Waals surface area contributed by atoms with Crippen molar-refractivity contribution in [2.45, 2.75) is 11.7 Å². The molecule has 0 fully saturated rings. The second-order valence-electron chi connectivity index (χ2n) is 5.96. The number of allylic oxidation sites excluding steroid dienone is 5. The zero-order valence-electron chi connectivity index (χ0n) is 13.6. The molecule has 24 heavy (non-hydrogen) atoms. The standard InChI is InChI=1S/C22H19NS/c1-2-21-23-20-16-10-9-15-19(20)22(24-21,17-11-5-3-6-12-17)18-13-7-4-8-14-18/h2-16,19H,1H3/b21-2-. The molecule has 0 spiro atoms. The topological polar surface area (TPSA) is 12.4 Å². The van der Waals surface area contributed by atoms with E-state index in [1.54, 1.807) is 0 Å². The van der Waals surface area contributed by atoms with Crippen molar-refractivity contribution in [3.8, 4) is 0 Å². The van der Waals surface area contributed by atoms with Gasteiger partial charge in [-0.3, -0.25) is 0 Å². The van der Waals surface area contributed by atoms with Gasteiger partial charge in [-0.1, -0.05) is 96.7 Å². The number of hydrogen-bond acceptors (Lipinski definition) is 2. The highest BCUT2D eigenvalue weighted by molar-refractivity contribution is 8.04. The average Bonchev–Trinajstić information content (AvgIpc) is 2.68. The van der Waals surface area contributed by atoms with Crippen LogP contribution in [-0.2, 0) is 4.75 Å². The third kappa shape index (κ3) is 2.38. The lowest BCUT2D eigenvalue weighted by Gasteiger charge is -2.43. The van der Waals surface area contributed by atoms with Crippen molar-refractivity contribution in [2.24, 2.45) is 10.9 Å². The molecule has 2 aromatic carbocycles. The van der Waals surface area contributed by atoms with Crippen LogP contribution in [0.15, 0.2) is 101 Å². The van der Waals surface area contributed by atoms with Crippen molar-refractivity contribution in [1.29, 1.82) is 0 Å². The maximum atomic E-state index is 4.87. The van der Waals surface area contributed by atoms with E-state index < -0.39 is 0 Å². The van der Waals surface area contributed by atoms with E-state index in [0.717, 1.165) is 10.7 Å². The monoisotopic (exact) mass is 329 g/mol. The summed E-state index contributed by atoms with van der Waals surface area (Å²) in [5.74, 6) is 0.223. The normalized spacial score (nSPS) is 23.0. The second-order valence-corrected chi connectivity index (χ2v) is 7.22. The average molecular weight is 329 g/mol. The van der Waals surface area contributed by atoms with Crippen LogP contribution in [0.2, 0.25) is 0 Å². The minimum Gasteiger partial charge on any atom is -0.246 e. The first-order valence-corrected chi connectivity index (χ1v) is 9.06. The summed E-state index contributed by atoms with van der Waals surface area (Å²) in [4.78, 5) is 4.87. The SMILES string of the molecule is C/C=C1/N=C2C=CC=CC2C(c2ccccc2)(c2ccccc2)S1. The van der Waals surface area contributed by atoms with Crippen molar-refractivity contribution < 1.29 is 0 Å². The number of hydrogen-bond donors (Lipinski definition) is 0. The Bertz CT molecular complexity index is 805. The number of thioether (sulfide) groups is 1. The molecular formula is C22H19NS. The molecule has 0 aromatic heterocycles. The summed E-state index contributed by atoms with van der Waals surface area (Å²) >= 11 is 1.86. The Morgan fingerprint density at radius 2 is 1.54 bits per heavy atom. The fourth-order valence-corrected chi connectivity index (χ4v) is 4.93. The highest BCUT2D eigenvalue weighted by atomic mass is 32.2. The van der Waals surface area contributed by atoms with Crippen LogP contribution in [0.5, 0.6) is 0 Å². The zero-order chi connectivity index (χ0) is 16.4. The molecule has 1 aliphatic heterocycles. The zero-order valence-corrected chi connectivity index (χ0v) is 14.4. The van der Waals surface area contributed by atoms with E-state index >= 15 is 0 Å². The van der Waals surface area contributed by atoms with Crippen LogP contribution >= 0.6 is 11.8 Å². The first-order valence-electron chi connectivity index (χ1n) is 8.24. The fraction of sp³-hybridized carbons (Fsp3) is 0.136. The van der Waals surface area contributed by atoms with E-state index in [2.05, 4.69) is 98.0 Å². The van der Waals surface area contributed by atoms with Gasteiger partial charge < -0.3 is 0 Å². The Morgan fingerprint density at radius 1 is 0.917 bits per heavy atom. The summed E-state index contributed by atoms with van der Waals surface area (Å²) in [6.45, 7) is 2.07. The number of benzene rings is 2. The number of fused-ring (bicyclic) bond motifs is 1. The van der Waals surface area contributed by atoms with Crippen molar-refractivity contribution in [3.63, 3.8) is 0 Å². The predicted octanol–water partition coefficient (Wildman–Crippen LogP) is 5.72. The van der Waals surface area contributed by atoms with Crippen molar-refractivity contribution in [2.75, 3.05) is 0 Å². The minimum absolute atomic E-state index is 0.192. The van der Waals surface area contributed by atoms with Gasteiger partial charge in [-0.2, -0.15) is 0 Å². The third-order valence-corrected chi connectivity index (χ3v) is 6.18. The van der Waals surface area contributed by atoms with Gasteiger partial charge in [0.05, 0.1) is 15.5 Å². The van der Waals surface area contributed by atoms with E-state index in [1.165, 1.54) is 11.1 Å². The van der Waals surface area contributed by atoms with E-state index in [9.17, 15) is 0 Å². The first-order chi connectivity index (χ1) is 11.8. The van der Waals surface area contributed by atoms with Crippen molar-refractivity contribution >= 4 is 17.5 Å². The molecule has 0 bridgehead atoms. The summed E-state index contributed by atoms with van der Waals surface area (Å²) in [6, 6.07) is 21.6. The van der Waals surface area contributed by atoms with Crippen LogP contribution in [0.1, 0.15) is 18.1 Å². The lowest BCUT2D eigenvalue weighted by atomic mass is 9.75. The van der Waals surface area contributed by atoms with Gasteiger partial charge in [-0.25, -0.2) is 4.99 Å². The van der Waals surface area contributed by atoms with Crippen LogP contribution in [0.3, 0.4) is 0 Å². The molecule has 1 aliphatic carbocycles. The molecule has 0 amide bonds. The maximum absolute atomic E-state index is 4.87. The van der Waals surface area contributed by atoms with Crippen molar-refractivity contribution in [3.05, 3.63) is 107 Å². The van der Waals surface area contributed by atoms with Crippen LogP contribution in [0.4, 0.5) is 0 Å². The van der Waals surface area contributed by atoms with Crippen LogP contribution < -0.4 is 0 Å². The van der Waals surface area contributed by atoms with Crippen LogP contribution in [0, 0.1) is 5.92 Å². The van der Waals surface area contributed by atoms with Gasteiger partial charge in [0, 0.05) is 5.92 Å². The molecule has 4 rings (SSSR count). The van der Waals surface area contributed by atoms with Crippen molar-refractivity contribution in [1.82, 2.24) is 0 Å². The summed E-state index contributed by atoms with van der Waals surface area (Å²) in [7, 11) is 0. The first kappa shape index (κ1) is 15.2. The van der Waals surface area contributed by atoms with E-state index in [4.69, 9.17) is 4.99 Å². The van der Waals surface area contributed by atoms with Gasteiger partial charge >= 0.3 is 0 Å². The minimum atomic E-state index is -0.192. The Morgan fingerprint density at radius 3 is 2.12 bits per heavy atom. The molecule has 0 saturated carbocycles. The Hall–Kier alpha value is -2.32. The largest absolute Gasteiger partial charge is 0.246 e. The van der Waals surface area contributed by atoms with Gasteiger partial charge in [-0.05, 0) is 24.1 Å². The molecule has 0 radical (unpaired) electrons. The van der Waals surface area contributed by atoms with Gasteiger partial charge in [0.15, 0.2) is 0 Å². The molecule has 1 heterocycles. The molecule has 2 aliphatic rings. The number of nitrogens with zero attached hydrogens (tertiary/aromatic N) is 1. The molecular weight excluding hydrogens is 310 g/mol.